The molecule has 1 aromatic heterocycles. The maximum absolute atomic E-state index is 12.1. The molecule has 0 bridgehead atoms. The predicted octanol–water partition coefficient (Wildman–Crippen LogP) is 0.631. The molecule has 1 aromatic rings. The lowest BCUT2D eigenvalue weighted by molar-refractivity contribution is -0.154. The van der Waals surface area contributed by atoms with Gasteiger partial charge in [-0.3, -0.25) is 4.79 Å². The Hall–Kier alpha value is -1.47. The summed E-state index contributed by atoms with van der Waals surface area (Å²) < 4.78 is 5.08. The van der Waals surface area contributed by atoms with Crippen LogP contribution >= 0.6 is 11.3 Å². The number of aromatic nitrogens is 1. The third-order valence-electron chi connectivity index (χ3n) is 2.70. The van der Waals surface area contributed by atoms with E-state index in [4.69, 9.17) is 9.84 Å². The van der Waals surface area contributed by atoms with Gasteiger partial charge in [0, 0.05) is 6.54 Å². The second-order valence-corrected chi connectivity index (χ2v) is 5.04. The fourth-order valence-corrected chi connectivity index (χ4v) is 2.54. The van der Waals surface area contributed by atoms with Gasteiger partial charge in [-0.15, -0.1) is 11.3 Å². The zero-order valence-corrected chi connectivity index (χ0v) is 10.8. The van der Waals surface area contributed by atoms with Crippen molar-refractivity contribution in [2.24, 2.45) is 0 Å². The Labute approximate surface area is 108 Å². The van der Waals surface area contributed by atoms with Crippen molar-refractivity contribution in [3.8, 4) is 0 Å². The second-order valence-electron chi connectivity index (χ2n) is 3.92. The number of amides is 1. The van der Waals surface area contributed by atoms with Crippen molar-refractivity contribution < 1.29 is 19.4 Å². The van der Waals surface area contributed by atoms with Crippen molar-refractivity contribution in [3.05, 3.63) is 16.1 Å². The number of ether oxygens (including phenoxy) is 1. The summed E-state index contributed by atoms with van der Waals surface area (Å²) in [4.78, 5) is 29.2. The molecule has 2 rings (SSSR count). The van der Waals surface area contributed by atoms with E-state index in [0.29, 0.717) is 11.4 Å². The van der Waals surface area contributed by atoms with Crippen LogP contribution < -0.4 is 0 Å². The van der Waals surface area contributed by atoms with E-state index in [9.17, 15) is 9.59 Å². The van der Waals surface area contributed by atoms with Crippen LogP contribution in [0, 0.1) is 0 Å². The van der Waals surface area contributed by atoms with Gasteiger partial charge in [0.1, 0.15) is 4.88 Å². The minimum Gasteiger partial charge on any atom is -0.479 e. The third kappa shape index (κ3) is 2.68. The second kappa shape index (κ2) is 5.45. The molecular formula is C11H14N2O4S. The first-order valence-corrected chi connectivity index (χ1v) is 6.52. The predicted molar refractivity (Wildman–Crippen MR) is 64.8 cm³/mol. The average molecular weight is 270 g/mol. The lowest BCUT2D eigenvalue weighted by atomic mass is 10.2. The van der Waals surface area contributed by atoms with Crippen LogP contribution in [0.5, 0.6) is 0 Å². The fraction of sp³-hybridized carbons (Fsp3) is 0.545. The molecule has 1 saturated heterocycles. The molecule has 1 aliphatic heterocycles. The average Bonchev–Trinajstić information content (AvgIpc) is 2.86. The van der Waals surface area contributed by atoms with Crippen molar-refractivity contribution >= 4 is 23.2 Å². The molecule has 7 heteroatoms. The minimum atomic E-state index is -1.04. The highest BCUT2D eigenvalue weighted by Gasteiger charge is 2.30. The number of aliphatic carboxylic acids is 1. The number of carboxylic acid groups (broad SMARTS) is 1. The molecule has 98 valence electrons. The van der Waals surface area contributed by atoms with Gasteiger partial charge in [0.25, 0.3) is 5.91 Å². The monoisotopic (exact) mass is 270 g/mol. The van der Waals surface area contributed by atoms with E-state index < -0.39 is 12.1 Å². The van der Waals surface area contributed by atoms with Gasteiger partial charge in [-0.05, 0) is 6.42 Å². The Balaban J connectivity index is 2.06. The number of carboxylic acids is 1. The van der Waals surface area contributed by atoms with E-state index in [1.165, 1.54) is 16.2 Å². The van der Waals surface area contributed by atoms with Gasteiger partial charge >= 0.3 is 5.97 Å². The molecule has 2 heterocycles. The van der Waals surface area contributed by atoms with Gasteiger partial charge in [0.15, 0.2) is 6.10 Å². The summed E-state index contributed by atoms with van der Waals surface area (Å²) in [6.07, 6.45) is 1.41. The molecule has 0 saturated carbocycles. The molecular weight excluding hydrogens is 256 g/mol. The fourth-order valence-electron chi connectivity index (χ4n) is 1.71. The summed E-state index contributed by atoms with van der Waals surface area (Å²) in [7, 11) is 0. The first-order chi connectivity index (χ1) is 8.61. The summed E-state index contributed by atoms with van der Waals surface area (Å²) in [5, 5.41) is 9.78. The molecule has 1 fully saturated rings. The van der Waals surface area contributed by atoms with E-state index in [2.05, 4.69) is 4.98 Å². The number of aryl methyl sites for hydroxylation is 1. The lowest BCUT2D eigenvalue weighted by Crippen LogP contribution is -2.48. The minimum absolute atomic E-state index is 0.0908. The molecule has 6 nitrogen and oxygen atoms in total. The number of thiazole rings is 1. The molecule has 1 aliphatic rings. The maximum Gasteiger partial charge on any atom is 0.334 e. The van der Waals surface area contributed by atoms with E-state index in [-0.39, 0.29) is 19.1 Å². The zero-order chi connectivity index (χ0) is 13.1. The largest absolute Gasteiger partial charge is 0.479 e. The normalized spacial score (nSPS) is 19.8. The Morgan fingerprint density at radius 2 is 2.44 bits per heavy atom. The third-order valence-corrected chi connectivity index (χ3v) is 3.83. The topological polar surface area (TPSA) is 79.7 Å². The van der Waals surface area contributed by atoms with Gasteiger partial charge in [-0.1, -0.05) is 6.92 Å². The molecule has 0 spiro atoms. The molecule has 0 unspecified atom stereocenters. The maximum atomic E-state index is 12.1. The number of rotatable bonds is 3. The zero-order valence-electron chi connectivity index (χ0n) is 9.96. The Kier molecular flexibility index (Phi) is 3.93. The van der Waals surface area contributed by atoms with Crippen LogP contribution in [0.2, 0.25) is 0 Å². The lowest BCUT2D eigenvalue weighted by Gasteiger charge is -2.30. The molecule has 0 aliphatic carbocycles. The highest BCUT2D eigenvalue weighted by molar-refractivity contribution is 7.13. The van der Waals surface area contributed by atoms with Crippen molar-refractivity contribution in [2.75, 3.05) is 19.7 Å². The SMILES string of the molecule is CCc1ncc(C(=O)N2CCO[C@H](C(=O)O)C2)s1. The van der Waals surface area contributed by atoms with Gasteiger partial charge in [-0.2, -0.15) is 0 Å². The first kappa shape index (κ1) is 13.0. The van der Waals surface area contributed by atoms with Crippen LogP contribution in [0.4, 0.5) is 0 Å². The standard InChI is InChI=1S/C11H14N2O4S/c1-2-9-12-5-8(18-9)10(14)13-3-4-17-7(6-13)11(15)16/h5,7H,2-4,6H2,1H3,(H,15,16)/t7-/m0/s1. The van der Waals surface area contributed by atoms with Crippen LogP contribution in [0.15, 0.2) is 6.20 Å². The van der Waals surface area contributed by atoms with Crippen LogP contribution in [-0.2, 0) is 16.0 Å². The van der Waals surface area contributed by atoms with E-state index in [1.54, 1.807) is 6.20 Å². The van der Waals surface area contributed by atoms with Gasteiger partial charge < -0.3 is 14.7 Å². The highest BCUT2D eigenvalue weighted by Crippen LogP contribution is 2.17. The van der Waals surface area contributed by atoms with Gasteiger partial charge in [0.2, 0.25) is 0 Å². The first-order valence-electron chi connectivity index (χ1n) is 5.70. The Morgan fingerprint density at radius 3 is 3.06 bits per heavy atom. The summed E-state index contributed by atoms with van der Waals surface area (Å²) in [6.45, 7) is 2.74. The quantitative estimate of drug-likeness (QED) is 0.871. The van der Waals surface area contributed by atoms with E-state index >= 15 is 0 Å². The van der Waals surface area contributed by atoms with Crippen molar-refractivity contribution in [1.82, 2.24) is 9.88 Å². The van der Waals surface area contributed by atoms with Crippen LogP contribution in [0.1, 0.15) is 21.6 Å². The van der Waals surface area contributed by atoms with E-state index in [1.807, 2.05) is 6.92 Å². The Bertz CT molecular complexity index is 460. The number of nitrogens with zero attached hydrogens (tertiary/aromatic N) is 2. The van der Waals surface area contributed by atoms with Crippen molar-refractivity contribution in [3.63, 3.8) is 0 Å². The van der Waals surface area contributed by atoms with Gasteiger partial charge in [0.05, 0.1) is 24.4 Å². The number of morpholine rings is 1. The number of carbonyl (C=O) groups excluding carboxylic acids is 1. The molecule has 1 N–H and O–H groups in total. The van der Waals surface area contributed by atoms with E-state index in [0.717, 1.165) is 11.4 Å². The molecule has 18 heavy (non-hydrogen) atoms. The molecule has 0 radical (unpaired) electrons. The van der Waals surface area contributed by atoms with Crippen LogP contribution in [0.25, 0.3) is 0 Å². The smallest absolute Gasteiger partial charge is 0.334 e. The summed E-state index contributed by atoms with van der Waals surface area (Å²) in [5.74, 6) is -1.20. The molecule has 1 atom stereocenters. The highest BCUT2D eigenvalue weighted by atomic mass is 32.1. The van der Waals surface area contributed by atoms with Crippen LogP contribution in [0.3, 0.4) is 0 Å². The van der Waals surface area contributed by atoms with Crippen LogP contribution in [-0.4, -0.2) is 52.7 Å². The number of carbonyl (C=O) groups is 2. The summed E-state index contributed by atoms with van der Waals surface area (Å²) >= 11 is 1.35. The summed E-state index contributed by atoms with van der Waals surface area (Å²) in [6, 6.07) is 0. The number of hydrogen-bond donors (Lipinski definition) is 1. The Morgan fingerprint density at radius 1 is 1.67 bits per heavy atom. The van der Waals surface area contributed by atoms with Crippen molar-refractivity contribution in [2.45, 2.75) is 19.4 Å². The molecule has 1 amide bonds. The number of hydrogen-bond acceptors (Lipinski definition) is 5. The van der Waals surface area contributed by atoms with Crippen molar-refractivity contribution in [1.29, 1.82) is 0 Å². The molecule has 0 aromatic carbocycles. The summed E-state index contributed by atoms with van der Waals surface area (Å²) in [5.41, 5.74) is 0. The van der Waals surface area contributed by atoms with Gasteiger partial charge in [-0.25, -0.2) is 9.78 Å².